The van der Waals surface area contributed by atoms with Crippen molar-refractivity contribution in [3.05, 3.63) is 59.3 Å². The zero-order valence-electron chi connectivity index (χ0n) is 20.0. The quantitative estimate of drug-likeness (QED) is 0.481. The Labute approximate surface area is 203 Å². The largest absolute Gasteiger partial charge is 0.494 e. The van der Waals surface area contributed by atoms with E-state index < -0.39 is 0 Å². The molecule has 0 saturated heterocycles. The van der Waals surface area contributed by atoms with Crippen LogP contribution in [0.4, 0.5) is 0 Å². The minimum absolute atomic E-state index is 0. The molecule has 3 rings (SSSR count). The van der Waals surface area contributed by atoms with E-state index in [0.29, 0.717) is 19.6 Å². The first-order chi connectivity index (χ1) is 15.5. The molecular formula is C26H35ClN2O4. The van der Waals surface area contributed by atoms with E-state index in [1.165, 1.54) is 5.56 Å². The first kappa shape index (κ1) is 26.6. The number of ether oxygens (including phenoxy) is 3. The van der Waals surface area contributed by atoms with Crippen LogP contribution in [-0.4, -0.2) is 63.2 Å². The Kier molecular flexibility index (Phi) is 10.6. The molecular weight excluding hydrogens is 440 g/mol. The average molecular weight is 475 g/mol. The summed E-state index contributed by atoms with van der Waals surface area (Å²) in [6, 6.07) is 12.0. The molecule has 1 aliphatic rings. The molecule has 0 N–H and O–H groups in total. The number of hydrogen-bond donors (Lipinski definition) is 0. The maximum absolute atomic E-state index is 12.8. The number of carbonyl (C=O) groups excluding carboxylic acids is 1. The van der Waals surface area contributed by atoms with Crippen LogP contribution in [0.3, 0.4) is 0 Å². The highest BCUT2D eigenvalue weighted by molar-refractivity contribution is 5.85. The van der Waals surface area contributed by atoms with Crippen molar-refractivity contribution in [2.45, 2.75) is 26.2 Å². The van der Waals surface area contributed by atoms with Gasteiger partial charge in [-0.05, 0) is 66.9 Å². The van der Waals surface area contributed by atoms with Crippen molar-refractivity contribution >= 4 is 24.4 Å². The first-order valence-corrected chi connectivity index (χ1v) is 11.2. The van der Waals surface area contributed by atoms with E-state index >= 15 is 0 Å². The molecule has 0 spiro atoms. The van der Waals surface area contributed by atoms with Crippen LogP contribution in [-0.2, 0) is 17.6 Å². The maximum atomic E-state index is 12.8. The lowest BCUT2D eigenvalue weighted by atomic mass is 10.0. The number of methoxy groups -OCH3 is 2. The van der Waals surface area contributed by atoms with E-state index in [-0.39, 0.29) is 18.3 Å². The molecule has 1 aliphatic heterocycles. The maximum Gasteiger partial charge on any atom is 0.231 e. The topological polar surface area (TPSA) is 51.2 Å². The van der Waals surface area contributed by atoms with Crippen LogP contribution in [0.25, 0.3) is 6.08 Å². The minimum atomic E-state index is 0. The van der Waals surface area contributed by atoms with E-state index in [1.807, 2.05) is 47.5 Å². The Hall–Kier alpha value is -2.70. The van der Waals surface area contributed by atoms with Gasteiger partial charge >= 0.3 is 0 Å². The molecule has 0 fully saturated rings. The van der Waals surface area contributed by atoms with Crippen LogP contribution < -0.4 is 14.2 Å². The molecule has 0 radical (unpaired) electrons. The molecule has 7 heteroatoms. The molecule has 2 aromatic carbocycles. The fourth-order valence-corrected chi connectivity index (χ4v) is 3.67. The Bertz CT molecular complexity index is 948. The summed E-state index contributed by atoms with van der Waals surface area (Å²) >= 11 is 0. The van der Waals surface area contributed by atoms with Gasteiger partial charge in [0, 0.05) is 25.8 Å². The Morgan fingerprint density at radius 2 is 1.82 bits per heavy atom. The highest BCUT2D eigenvalue weighted by atomic mass is 35.5. The highest BCUT2D eigenvalue weighted by Gasteiger charge is 2.18. The van der Waals surface area contributed by atoms with Crippen molar-refractivity contribution in [1.82, 2.24) is 9.80 Å². The standard InChI is InChI=1S/C26H34N2O4.ClH/c1-5-16-32-23-8-7-21-11-13-28(26(29)19-22(21)18-23)15-14-27(2)12-10-20-6-9-24(30-3)25(17-20)31-4;/h6-9,11,13,17-18H,5,10,12,14-16,19H2,1-4H3;1H. The summed E-state index contributed by atoms with van der Waals surface area (Å²) in [5.41, 5.74) is 3.28. The summed E-state index contributed by atoms with van der Waals surface area (Å²) in [5, 5.41) is 0. The summed E-state index contributed by atoms with van der Waals surface area (Å²) in [4.78, 5) is 16.9. The Morgan fingerprint density at radius 1 is 1.03 bits per heavy atom. The molecule has 0 atom stereocenters. The second-order valence-corrected chi connectivity index (χ2v) is 8.03. The SMILES string of the molecule is CCCOc1ccc2c(c1)CC(=O)N(CCN(C)CCc1ccc(OC)c(OC)c1)C=C2.Cl. The van der Waals surface area contributed by atoms with Gasteiger partial charge in [0.05, 0.1) is 27.2 Å². The van der Waals surface area contributed by atoms with Gasteiger partial charge in [0.15, 0.2) is 11.5 Å². The van der Waals surface area contributed by atoms with Crippen molar-refractivity contribution in [3.63, 3.8) is 0 Å². The molecule has 6 nitrogen and oxygen atoms in total. The summed E-state index contributed by atoms with van der Waals surface area (Å²) in [7, 11) is 5.37. The van der Waals surface area contributed by atoms with Crippen LogP contribution in [0.5, 0.6) is 17.2 Å². The lowest BCUT2D eigenvalue weighted by Crippen LogP contribution is -2.35. The number of nitrogens with zero attached hydrogens (tertiary/aromatic N) is 2. The van der Waals surface area contributed by atoms with Gasteiger partial charge < -0.3 is 24.0 Å². The van der Waals surface area contributed by atoms with Gasteiger partial charge in [-0.2, -0.15) is 0 Å². The molecule has 0 saturated carbocycles. The predicted octanol–water partition coefficient (Wildman–Crippen LogP) is 4.44. The van der Waals surface area contributed by atoms with Crippen LogP contribution >= 0.6 is 12.4 Å². The number of benzene rings is 2. The third-order valence-electron chi connectivity index (χ3n) is 5.64. The first-order valence-electron chi connectivity index (χ1n) is 11.2. The van der Waals surface area contributed by atoms with Crippen molar-refractivity contribution < 1.29 is 19.0 Å². The molecule has 0 aliphatic carbocycles. The van der Waals surface area contributed by atoms with Gasteiger partial charge in [-0.15, -0.1) is 12.4 Å². The van der Waals surface area contributed by atoms with E-state index in [4.69, 9.17) is 14.2 Å². The number of halogens is 1. The summed E-state index contributed by atoms with van der Waals surface area (Å²) in [6.07, 6.45) is 6.17. The van der Waals surface area contributed by atoms with Gasteiger partial charge in [0.1, 0.15) is 5.75 Å². The number of hydrogen-bond acceptors (Lipinski definition) is 5. The lowest BCUT2D eigenvalue weighted by Gasteiger charge is -2.22. The third kappa shape index (κ3) is 7.41. The molecule has 0 bridgehead atoms. The number of amides is 1. The summed E-state index contributed by atoms with van der Waals surface area (Å²) in [5.74, 6) is 2.42. The van der Waals surface area contributed by atoms with Gasteiger partial charge in [-0.1, -0.05) is 19.1 Å². The summed E-state index contributed by atoms with van der Waals surface area (Å²) in [6.45, 7) is 5.11. The Balaban J connectivity index is 0.00000385. The molecule has 2 aromatic rings. The molecule has 0 aromatic heterocycles. The van der Waals surface area contributed by atoms with Gasteiger partial charge in [0.25, 0.3) is 0 Å². The van der Waals surface area contributed by atoms with Crippen molar-refractivity contribution in [2.75, 3.05) is 47.5 Å². The number of rotatable bonds is 11. The zero-order valence-corrected chi connectivity index (χ0v) is 20.8. The second-order valence-electron chi connectivity index (χ2n) is 8.03. The van der Waals surface area contributed by atoms with Gasteiger partial charge in [-0.25, -0.2) is 0 Å². The number of likely N-dealkylation sites (N-methyl/N-ethyl adjacent to an activating group) is 1. The Morgan fingerprint density at radius 3 is 2.55 bits per heavy atom. The predicted molar refractivity (Wildman–Crippen MR) is 135 cm³/mol. The fraction of sp³-hybridized carbons (Fsp3) is 0.423. The zero-order chi connectivity index (χ0) is 22.9. The van der Waals surface area contributed by atoms with Crippen LogP contribution in [0.15, 0.2) is 42.6 Å². The van der Waals surface area contributed by atoms with E-state index in [1.54, 1.807) is 14.2 Å². The van der Waals surface area contributed by atoms with Crippen molar-refractivity contribution in [1.29, 1.82) is 0 Å². The third-order valence-corrected chi connectivity index (χ3v) is 5.64. The van der Waals surface area contributed by atoms with E-state index in [9.17, 15) is 4.79 Å². The monoisotopic (exact) mass is 474 g/mol. The van der Waals surface area contributed by atoms with E-state index in [2.05, 4.69) is 24.9 Å². The van der Waals surface area contributed by atoms with Crippen LogP contribution in [0.2, 0.25) is 0 Å². The average Bonchev–Trinajstić information content (AvgIpc) is 2.97. The van der Waals surface area contributed by atoms with Crippen LogP contribution in [0, 0.1) is 0 Å². The highest BCUT2D eigenvalue weighted by Crippen LogP contribution is 2.28. The second kappa shape index (κ2) is 13.1. The lowest BCUT2D eigenvalue weighted by molar-refractivity contribution is -0.127. The molecule has 1 amide bonds. The van der Waals surface area contributed by atoms with Crippen molar-refractivity contribution in [3.8, 4) is 17.2 Å². The van der Waals surface area contributed by atoms with Gasteiger partial charge in [0.2, 0.25) is 5.91 Å². The number of fused-ring (bicyclic) bond motifs is 1. The normalized spacial score (nSPS) is 12.8. The molecule has 0 unspecified atom stereocenters. The molecule has 180 valence electrons. The van der Waals surface area contributed by atoms with Crippen molar-refractivity contribution in [2.24, 2.45) is 0 Å². The summed E-state index contributed by atoms with van der Waals surface area (Å²) < 4.78 is 16.4. The van der Waals surface area contributed by atoms with Crippen LogP contribution in [0.1, 0.15) is 30.0 Å². The van der Waals surface area contributed by atoms with Gasteiger partial charge in [-0.3, -0.25) is 4.79 Å². The molecule has 33 heavy (non-hydrogen) atoms. The smallest absolute Gasteiger partial charge is 0.231 e. The fourth-order valence-electron chi connectivity index (χ4n) is 3.67. The number of carbonyl (C=O) groups is 1. The minimum Gasteiger partial charge on any atom is -0.494 e. The van der Waals surface area contributed by atoms with E-state index in [0.717, 1.165) is 54.3 Å². The molecule has 1 heterocycles.